The van der Waals surface area contributed by atoms with E-state index in [0.717, 1.165) is 25.7 Å². The van der Waals surface area contributed by atoms with Crippen LogP contribution in [0.5, 0.6) is 0 Å². The SMILES string of the molecule is CCC(CSC(=O)C(C)(C)C)C(=O)N(CC(=O)OC)C1CCCC1. The van der Waals surface area contributed by atoms with Gasteiger partial charge >= 0.3 is 5.97 Å². The van der Waals surface area contributed by atoms with Crippen LogP contribution in [0.2, 0.25) is 0 Å². The standard InChI is InChI=1S/C18H31NO4S/c1-6-13(12-24-17(22)18(2,3)4)16(21)19(11-15(20)23-5)14-9-7-8-10-14/h13-14H,6-12H2,1-5H3. The molecule has 0 saturated heterocycles. The van der Waals surface area contributed by atoms with Gasteiger partial charge in [-0.3, -0.25) is 14.4 Å². The van der Waals surface area contributed by atoms with Crippen molar-refractivity contribution in [3.05, 3.63) is 0 Å². The lowest BCUT2D eigenvalue weighted by Crippen LogP contribution is -2.46. The van der Waals surface area contributed by atoms with Gasteiger partial charge in [-0.1, -0.05) is 52.3 Å². The molecule has 1 saturated carbocycles. The third-order valence-corrected chi connectivity index (χ3v) is 5.89. The van der Waals surface area contributed by atoms with Crippen LogP contribution in [0.4, 0.5) is 0 Å². The Bertz CT molecular complexity index is 452. The minimum absolute atomic E-state index is 0.00832. The Morgan fingerprint density at radius 2 is 1.79 bits per heavy atom. The second-order valence-electron chi connectivity index (χ2n) is 7.43. The smallest absolute Gasteiger partial charge is 0.325 e. The van der Waals surface area contributed by atoms with Crippen molar-refractivity contribution in [1.29, 1.82) is 0 Å². The van der Waals surface area contributed by atoms with E-state index in [2.05, 4.69) is 0 Å². The first-order valence-electron chi connectivity index (χ1n) is 8.75. The van der Waals surface area contributed by atoms with Crippen LogP contribution in [-0.4, -0.2) is 47.3 Å². The van der Waals surface area contributed by atoms with E-state index in [-0.39, 0.29) is 35.5 Å². The number of amides is 1. The van der Waals surface area contributed by atoms with Crippen molar-refractivity contribution in [2.45, 2.75) is 65.8 Å². The van der Waals surface area contributed by atoms with E-state index < -0.39 is 5.41 Å². The maximum absolute atomic E-state index is 13.0. The lowest BCUT2D eigenvalue weighted by Gasteiger charge is -2.31. The molecule has 1 aliphatic rings. The van der Waals surface area contributed by atoms with Gasteiger partial charge in [-0.15, -0.1) is 0 Å². The number of rotatable bonds is 7. The van der Waals surface area contributed by atoms with Crippen molar-refractivity contribution in [3.63, 3.8) is 0 Å². The van der Waals surface area contributed by atoms with Gasteiger partial charge < -0.3 is 9.64 Å². The molecule has 0 aromatic heterocycles. The zero-order chi connectivity index (χ0) is 18.3. The van der Waals surface area contributed by atoms with E-state index in [4.69, 9.17) is 4.74 Å². The molecule has 0 aliphatic heterocycles. The van der Waals surface area contributed by atoms with Crippen molar-refractivity contribution in [2.24, 2.45) is 11.3 Å². The van der Waals surface area contributed by atoms with Crippen LogP contribution >= 0.6 is 11.8 Å². The van der Waals surface area contributed by atoms with E-state index in [1.807, 2.05) is 27.7 Å². The molecule has 0 aromatic carbocycles. The van der Waals surface area contributed by atoms with Crippen molar-refractivity contribution < 1.29 is 19.1 Å². The lowest BCUT2D eigenvalue weighted by atomic mass is 9.99. The van der Waals surface area contributed by atoms with Gasteiger partial charge in [0.2, 0.25) is 5.91 Å². The van der Waals surface area contributed by atoms with E-state index in [1.54, 1.807) is 4.90 Å². The van der Waals surface area contributed by atoms with E-state index >= 15 is 0 Å². The Morgan fingerprint density at radius 3 is 2.25 bits per heavy atom. The van der Waals surface area contributed by atoms with Crippen LogP contribution in [-0.2, 0) is 19.1 Å². The normalized spacial score (nSPS) is 16.7. The molecule has 1 aliphatic carbocycles. The number of methoxy groups -OCH3 is 1. The van der Waals surface area contributed by atoms with Gasteiger partial charge in [0.25, 0.3) is 0 Å². The average Bonchev–Trinajstić information content (AvgIpc) is 3.05. The number of esters is 1. The zero-order valence-electron chi connectivity index (χ0n) is 15.6. The van der Waals surface area contributed by atoms with E-state index in [9.17, 15) is 14.4 Å². The molecule has 0 heterocycles. The lowest BCUT2D eigenvalue weighted by molar-refractivity contribution is -0.150. The summed E-state index contributed by atoms with van der Waals surface area (Å²) in [4.78, 5) is 38.5. The fraction of sp³-hybridized carbons (Fsp3) is 0.833. The second-order valence-corrected chi connectivity index (χ2v) is 8.43. The summed E-state index contributed by atoms with van der Waals surface area (Å²) < 4.78 is 4.75. The molecule has 1 rings (SSSR count). The molecule has 0 N–H and O–H groups in total. The number of thioether (sulfide) groups is 1. The highest BCUT2D eigenvalue weighted by molar-refractivity contribution is 8.13. The monoisotopic (exact) mass is 357 g/mol. The summed E-state index contributed by atoms with van der Waals surface area (Å²) in [5, 5.41) is 0.0918. The number of hydrogen-bond acceptors (Lipinski definition) is 5. The van der Waals surface area contributed by atoms with Crippen LogP contribution in [0.25, 0.3) is 0 Å². The Labute approximate surface area is 149 Å². The Balaban J connectivity index is 2.77. The predicted octanol–water partition coefficient (Wildman–Crippen LogP) is 3.26. The summed E-state index contributed by atoms with van der Waals surface area (Å²) in [5.41, 5.74) is -0.414. The Hall–Kier alpha value is -1.04. The number of carbonyl (C=O) groups is 3. The summed E-state index contributed by atoms with van der Waals surface area (Å²) >= 11 is 1.23. The van der Waals surface area contributed by atoms with E-state index in [0.29, 0.717) is 12.2 Å². The van der Waals surface area contributed by atoms with Crippen LogP contribution in [0.3, 0.4) is 0 Å². The zero-order valence-corrected chi connectivity index (χ0v) is 16.4. The van der Waals surface area contributed by atoms with Gasteiger partial charge in [0.05, 0.1) is 7.11 Å². The first kappa shape index (κ1) is 21.0. The third kappa shape index (κ3) is 6.11. The number of nitrogens with zero attached hydrogens (tertiary/aromatic N) is 1. The molecule has 138 valence electrons. The number of ether oxygens (including phenoxy) is 1. The molecule has 24 heavy (non-hydrogen) atoms. The second kappa shape index (κ2) is 9.44. The van der Waals surface area contributed by atoms with Gasteiger partial charge in [-0.2, -0.15) is 0 Å². The largest absolute Gasteiger partial charge is 0.468 e. The number of carbonyl (C=O) groups excluding carboxylic acids is 3. The first-order valence-corrected chi connectivity index (χ1v) is 9.73. The summed E-state index contributed by atoms with van der Waals surface area (Å²) in [5.74, 6) is -0.186. The first-order chi connectivity index (χ1) is 11.2. The number of hydrogen-bond donors (Lipinski definition) is 0. The van der Waals surface area contributed by atoms with Crippen LogP contribution < -0.4 is 0 Å². The molecule has 1 atom stereocenters. The molecule has 0 radical (unpaired) electrons. The molecule has 1 fully saturated rings. The van der Waals surface area contributed by atoms with Gasteiger partial charge in [-0.05, 0) is 19.3 Å². The van der Waals surface area contributed by atoms with Crippen molar-refractivity contribution in [2.75, 3.05) is 19.4 Å². The molecular formula is C18H31NO4S. The Morgan fingerprint density at radius 1 is 1.21 bits per heavy atom. The fourth-order valence-electron chi connectivity index (χ4n) is 2.80. The average molecular weight is 358 g/mol. The van der Waals surface area contributed by atoms with Gasteiger partial charge in [-0.25, -0.2) is 0 Å². The van der Waals surface area contributed by atoms with Gasteiger partial charge in [0.15, 0.2) is 5.12 Å². The van der Waals surface area contributed by atoms with Crippen molar-refractivity contribution in [1.82, 2.24) is 4.90 Å². The molecule has 1 amide bonds. The summed E-state index contributed by atoms with van der Waals surface area (Å²) in [6.07, 6.45) is 4.71. The molecule has 0 bridgehead atoms. The highest BCUT2D eigenvalue weighted by Gasteiger charge is 2.33. The maximum Gasteiger partial charge on any atom is 0.325 e. The third-order valence-electron chi connectivity index (χ3n) is 4.45. The minimum Gasteiger partial charge on any atom is -0.468 e. The topological polar surface area (TPSA) is 63.7 Å². The minimum atomic E-state index is -0.414. The van der Waals surface area contributed by atoms with Crippen molar-refractivity contribution in [3.8, 4) is 0 Å². The summed E-state index contributed by atoms with van der Waals surface area (Å²) in [6, 6.07) is 0.119. The molecule has 1 unspecified atom stereocenters. The summed E-state index contributed by atoms with van der Waals surface area (Å²) in [7, 11) is 1.34. The van der Waals surface area contributed by atoms with Crippen LogP contribution in [0.15, 0.2) is 0 Å². The fourth-order valence-corrected chi connectivity index (χ4v) is 3.96. The maximum atomic E-state index is 13.0. The highest BCUT2D eigenvalue weighted by Crippen LogP contribution is 2.28. The van der Waals surface area contributed by atoms with Gasteiger partial charge in [0, 0.05) is 23.1 Å². The predicted molar refractivity (Wildman–Crippen MR) is 96.7 cm³/mol. The Kier molecular flexibility index (Phi) is 8.27. The van der Waals surface area contributed by atoms with Gasteiger partial charge in [0.1, 0.15) is 6.54 Å². The van der Waals surface area contributed by atoms with Crippen LogP contribution in [0, 0.1) is 11.3 Å². The molecule has 6 heteroatoms. The molecule has 5 nitrogen and oxygen atoms in total. The highest BCUT2D eigenvalue weighted by atomic mass is 32.2. The summed E-state index contributed by atoms with van der Waals surface area (Å²) in [6.45, 7) is 7.61. The van der Waals surface area contributed by atoms with E-state index in [1.165, 1.54) is 18.9 Å². The van der Waals surface area contributed by atoms with Crippen molar-refractivity contribution >= 4 is 28.8 Å². The molecule has 0 spiro atoms. The molecule has 0 aromatic rings. The molecular weight excluding hydrogens is 326 g/mol. The van der Waals surface area contributed by atoms with Crippen LogP contribution in [0.1, 0.15) is 59.8 Å². The quantitative estimate of drug-likeness (QED) is 0.654.